The van der Waals surface area contributed by atoms with Crippen LogP contribution in [-0.4, -0.2) is 41.1 Å². The molecule has 2 aromatic rings. The van der Waals surface area contributed by atoms with Gasteiger partial charge in [0.15, 0.2) is 0 Å². The standard InChI is InChI=1S/C21H26BrN3O4/c1-13-18(14(2)29-24-13)6-7-21(27)25-9-8-19(15(12-25)10-20(23)26)28-17-5-3-4-16(22)11-17/h3-5,11,15,19H,6-10,12H2,1-2H3,(H2,23,26)/t15-,19-/m0/s1. The van der Waals surface area contributed by atoms with E-state index in [1.54, 1.807) is 0 Å². The van der Waals surface area contributed by atoms with E-state index in [9.17, 15) is 9.59 Å². The number of ether oxygens (including phenoxy) is 1. The number of halogens is 1. The van der Waals surface area contributed by atoms with Crippen LogP contribution in [0.2, 0.25) is 0 Å². The van der Waals surface area contributed by atoms with Crippen molar-refractivity contribution >= 4 is 27.7 Å². The van der Waals surface area contributed by atoms with Crippen molar-refractivity contribution in [3.8, 4) is 5.75 Å². The fourth-order valence-corrected chi connectivity index (χ4v) is 4.19. The first-order valence-corrected chi connectivity index (χ1v) is 10.5. The summed E-state index contributed by atoms with van der Waals surface area (Å²) in [6.45, 7) is 4.79. The van der Waals surface area contributed by atoms with Gasteiger partial charge in [-0.2, -0.15) is 0 Å². The van der Waals surface area contributed by atoms with Gasteiger partial charge in [0.1, 0.15) is 17.6 Å². The maximum atomic E-state index is 12.8. The minimum Gasteiger partial charge on any atom is -0.490 e. The average Bonchev–Trinajstić information content (AvgIpc) is 2.98. The van der Waals surface area contributed by atoms with Gasteiger partial charge in [-0.15, -0.1) is 0 Å². The van der Waals surface area contributed by atoms with Crippen molar-refractivity contribution in [3.63, 3.8) is 0 Å². The monoisotopic (exact) mass is 463 g/mol. The lowest BCUT2D eigenvalue weighted by atomic mass is 9.90. The maximum absolute atomic E-state index is 12.8. The normalized spacial score (nSPS) is 19.2. The number of hydrogen-bond donors (Lipinski definition) is 1. The van der Waals surface area contributed by atoms with E-state index in [-0.39, 0.29) is 30.3 Å². The number of primary amides is 1. The third-order valence-corrected chi connectivity index (χ3v) is 5.83. The zero-order chi connectivity index (χ0) is 21.0. The van der Waals surface area contributed by atoms with Gasteiger partial charge in [0.2, 0.25) is 11.8 Å². The predicted octanol–water partition coefficient (Wildman–Crippen LogP) is 3.16. The molecule has 1 aromatic heterocycles. The molecule has 0 bridgehead atoms. The van der Waals surface area contributed by atoms with E-state index in [1.807, 2.05) is 43.0 Å². The summed E-state index contributed by atoms with van der Waals surface area (Å²) in [4.78, 5) is 26.2. The molecule has 3 rings (SSSR count). The minimum absolute atomic E-state index is 0.0559. The molecule has 0 aliphatic carbocycles. The Morgan fingerprint density at radius 2 is 2.17 bits per heavy atom. The molecule has 2 heterocycles. The lowest BCUT2D eigenvalue weighted by molar-refractivity contribution is -0.136. The largest absolute Gasteiger partial charge is 0.490 e. The molecular weight excluding hydrogens is 438 g/mol. The van der Waals surface area contributed by atoms with Crippen LogP contribution in [-0.2, 0) is 16.0 Å². The Morgan fingerprint density at radius 1 is 1.38 bits per heavy atom. The SMILES string of the molecule is Cc1noc(C)c1CCC(=O)N1CC[C@H](Oc2cccc(Br)c2)[C@@H](CC(N)=O)C1. The van der Waals surface area contributed by atoms with E-state index in [0.29, 0.717) is 32.4 Å². The number of benzene rings is 1. The van der Waals surface area contributed by atoms with Gasteiger partial charge in [-0.05, 0) is 38.5 Å². The zero-order valence-corrected chi connectivity index (χ0v) is 18.3. The Bertz CT molecular complexity index is 863. The fourth-order valence-electron chi connectivity index (χ4n) is 3.81. The number of likely N-dealkylation sites (tertiary alicyclic amines) is 1. The van der Waals surface area contributed by atoms with Gasteiger partial charge in [0.05, 0.1) is 5.69 Å². The summed E-state index contributed by atoms with van der Waals surface area (Å²) >= 11 is 3.44. The molecule has 8 heteroatoms. The lowest BCUT2D eigenvalue weighted by Crippen LogP contribution is -2.49. The Hall–Kier alpha value is -2.35. The number of carbonyl (C=O) groups excluding carboxylic acids is 2. The highest BCUT2D eigenvalue weighted by molar-refractivity contribution is 9.10. The molecule has 0 saturated carbocycles. The van der Waals surface area contributed by atoms with Gasteiger partial charge in [0.25, 0.3) is 0 Å². The van der Waals surface area contributed by atoms with Crippen molar-refractivity contribution in [1.82, 2.24) is 10.1 Å². The molecule has 1 aromatic carbocycles. The molecule has 0 unspecified atom stereocenters. The van der Waals surface area contributed by atoms with Crippen LogP contribution in [0.5, 0.6) is 5.75 Å². The summed E-state index contributed by atoms with van der Waals surface area (Å²) in [7, 11) is 0. The number of carbonyl (C=O) groups is 2. The molecule has 7 nitrogen and oxygen atoms in total. The molecule has 1 saturated heterocycles. The van der Waals surface area contributed by atoms with Gasteiger partial charge < -0.3 is 19.9 Å². The van der Waals surface area contributed by atoms with Gasteiger partial charge in [-0.1, -0.05) is 27.2 Å². The summed E-state index contributed by atoms with van der Waals surface area (Å²) in [5.41, 5.74) is 7.27. The van der Waals surface area contributed by atoms with Gasteiger partial charge in [0, 0.05) is 48.3 Å². The quantitative estimate of drug-likeness (QED) is 0.679. The summed E-state index contributed by atoms with van der Waals surface area (Å²) in [6, 6.07) is 7.60. The summed E-state index contributed by atoms with van der Waals surface area (Å²) in [5, 5.41) is 3.94. The van der Waals surface area contributed by atoms with Crippen LogP contribution >= 0.6 is 15.9 Å². The minimum atomic E-state index is -0.386. The Kier molecular flexibility index (Phi) is 6.95. The number of nitrogens with two attached hydrogens (primary N) is 1. The molecule has 1 aliphatic heterocycles. The van der Waals surface area contributed by atoms with E-state index in [0.717, 1.165) is 27.2 Å². The molecule has 0 spiro atoms. The predicted molar refractivity (Wildman–Crippen MR) is 111 cm³/mol. The number of hydrogen-bond acceptors (Lipinski definition) is 5. The van der Waals surface area contributed by atoms with Crippen LogP contribution in [0.4, 0.5) is 0 Å². The van der Waals surface area contributed by atoms with Crippen molar-refractivity contribution in [2.75, 3.05) is 13.1 Å². The second-order valence-corrected chi connectivity index (χ2v) is 8.39. The molecular formula is C21H26BrN3O4. The number of aryl methyl sites for hydroxylation is 2. The fraction of sp³-hybridized carbons (Fsp3) is 0.476. The third-order valence-electron chi connectivity index (χ3n) is 5.33. The van der Waals surface area contributed by atoms with E-state index in [2.05, 4.69) is 21.1 Å². The van der Waals surface area contributed by atoms with Crippen LogP contribution < -0.4 is 10.5 Å². The van der Waals surface area contributed by atoms with Crippen LogP contribution in [0.3, 0.4) is 0 Å². The van der Waals surface area contributed by atoms with Gasteiger partial charge in [-0.3, -0.25) is 9.59 Å². The van der Waals surface area contributed by atoms with Gasteiger partial charge >= 0.3 is 0 Å². The summed E-state index contributed by atoms with van der Waals surface area (Å²) in [6.07, 6.45) is 1.65. The highest BCUT2D eigenvalue weighted by Gasteiger charge is 2.34. The van der Waals surface area contributed by atoms with Crippen LogP contribution in [0.15, 0.2) is 33.3 Å². The second kappa shape index (κ2) is 9.43. The van der Waals surface area contributed by atoms with Crippen molar-refractivity contribution in [2.24, 2.45) is 11.7 Å². The van der Waals surface area contributed by atoms with Crippen molar-refractivity contribution in [2.45, 2.75) is 45.6 Å². The molecule has 29 heavy (non-hydrogen) atoms. The van der Waals surface area contributed by atoms with Crippen molar-refractivity contribution < 1.29 is 18.8 Å². The van der Waals surface area contributed by atoms with E-state index >= 15 is 0 Å². The van der Waals surface area contributed by atoms with Crippen molar-refractivity contribution in [1.29, 1.82) is 0 Å². The third kappa shape index (κ3) is 5.59. The number of aromatic nitrogens is 1. The molecule has 2 N–H and O–H groups in total. The van der Waals surface area contributed by atoms with Crippen LogP contribution in [0.25, 0.3) is 0 Å². The zero-order valence-electron chi connectivity index (χ0n) is 16.7. The summed E-state index contributed by atoms with van der Waals surface area (Å²) < 4.78 is 12.2. The lowest BCUT2D eigenvalue weighted by Gasteiger charge is -2.38. The molecule has 1 fully saturated rings. The van der Waals surface area contributed by atoms with E-state index < -0.39 is 0 Å². The van der Waals surface area contributed by atoms with Gasteiger partial charge in [-0.25, -0.2) is 0 Å². The van der Waals surface area contributed by atoms with Crippen LogP contribution in [0, 0.1) is 19.8 Å². The average molecular weight is 464 g/mol. The first-order valence-electron chi connectivity index (χ1n) is 9.73. The Labute approximate surface area is 178 Å². The highest BCUT2D eigenvalue weighted by Crippen LogP contribution is 2.28. The second-order valence-electron chi connectivity index (χ2n) is 7.48. The first kappa shape index (κ1) is 21.4. The smallest absolute Gasteiger partial charge is 0.222 e. The number of nitrogens with zero attached hydrogens (tertiary/aromatic N) is 2. The Morgan fingerprint density at radius 3 is 2.83 bits per heavy atom. The highest BCUT2D eigenvalue weighted by atomic mass is 79.9. The number of amides is 2. The topological polar surface area (TPSA) is 98.7 Å². The molecule has 156 valence electrons. The molecule has 1 aliphatic rings. The van der Waals surface area contributed by atoms with E-state index in [1.165, 1.54) is 0 Å². The molecule has 2 atom stereocenters. The Balaban J connectivity index is 1.62. The maximum Gasteiger partial charge on any atom is 0.222 e. The molecule has 0 radical (unpaired) electrons. The summed E-state index contributed by atoms with van der Waals surface area (Å²) in [5.74, 6) is 1.02. The first-order chi connectivity index (χ1) is 13.8. The van der Waals surface area contributed by atoms with Crippen molar-refractivity contribution in [3.05, 3.63) is 45.8 Å². The number of rotatable bonds is 7. The number of piperidine rings is 1. The van der Waals surface area contributed by atoms with Crippen LogP contribution in [0.1, 0.15) is 36.3 Å². The molecule has 2 amide bonds. The van der Waals surface area contributed by atoms with E-state index in [4.69, 9.17) is 15.0 Å².